The van der Waals surface area contributed by atoms with Crippen molar-refractivity contribution in [1.29, 1.82) is 0 Å². The third kappa shape index (κ3) is 3.80. The SMILES string of the molecule is CS(=O)(=O)c1ccc(C(O)CNCC2CC2)cc1. The van der Waals surface area contributed by atoms with E-state index in [1.54, 1.807) is 12.1 Å². The van der Waals surface area contributed by atoms with Crippen LogP contribution in [0.5, 0.6) is 0 Å². The van der Waals surface area contributed by atoms with Crippen LogP contribution in [-0.4, -0.2) is 32.9 Å². The van der Waals surface area contributed by atoms with Gasteiger partial charge in [-0.3, -0.25) is 0 Å². The maximum absolute atomic E-state index is 11.3. The first-order chi connectivity index (χ1) is 8.47. The lowest BCUT2D eigenvalue weighted by atomic mass is 10.1. The van der Waals surface area contributed by atoms with Crippen molar-refractivity contribution < 1.29 is 13.5 Å². The summed E-state index contributed by atoms with van der Waals surface area (Å²) in [4.78, 5) is 0.282. The van der Waals surface area contributed by atoms with Gasteiger partial charge in [0.1, 0.15) is 0 Å². The zero-order valence-corrected chi connectivity index (χ0v) is 11.3. The van der Waals surface area contributed by atoms with E-state index in [0.29, 0.717) is 6.54 Å². The van der Waals surface area contributed by atoms with Gasteiger partial charge in [-0.15, -0.1) is 0 Å². The molecule has 0 amide bonds. The highest BCUT2D eigenvalue weighted by Crippen LogP contribution is 2.27. The molecule has 2 rings (SSSR count). The Labute approximate surface area is 108 Å². The Kier molecular flexibility index (Phi) is 4.04. The normalized spacial score (nSPS) is 17.7. The van der Waals surface area contributed by atoms with Crippen LogP contribution in [0, 0.1) is 5.92 Å². The molecular weight excluding hydrogens is 250 g/mol. The van der Waals surface area contributed by atoms with E-state index in [-0.39, 0.29) is 4.90 Å². The fraction of sp³-hybridized carbons (Fsp3) is 0.538. The third-order valence-electron chi connectivity index (χ3n) is 3.16. The second-order valence-corrected chi connectivity index (χ2v) is 6.97. The molecule has 1 aliphatic carbocycles. The van der Waals surface area contributed by atoms with Crippen LogP contribution < -0.4 is 5.32 Å². The van der Waals surface area contributed by atoms with Crippen molar-refractivity contribution in [2.75, 3.05) is 19.3 Å². The molecule has 0 aromatic heterocycles. The molecule has 1 aliphatic rings. The van der Waals surface area contributed by atoms with Crippen LogP contribution >= 0.6 is 0 Å². The lowest BCUT2D eigenvalue weighted by Crippen LogP contribution is -2.23. The van der Waals surface area contributed by atoms with Crippen molar-refractivity contribution >= 4 is 9.84 Å². The molecule has 1 saturated carbocycles. The largest absolute Gasteiger partial charge is 0.387 e. The van der Waals surface area contributed by atoms with Gasteiger partial charge in [-0.05, 0) is 43.0 Å². The Morgan fingerprint density at radius 2 is 1.94 bits per heavy atom. The van der Waals surface area contributed by atoms with E-state index in [0.717, 1.165) is 18.0 Å². The molecule has 1 unspecified atom stereocenters. The standard InChI is InChI=1S/C13H19NO3S/c1-18(16,17)12-6-4-11(5-7-12)13(15)9-14-8-10-2-3-10/h4-7,10,13-15H,2-3,8-9H2,1H3. The van der Waals surface area contributed by atoms with E-state index < -0.39 is 15.9 Å². The summed E-state index contributed by atoms with van der Waals surface area (Å²) >= 11 is 0. The predicted octanol–water partition coefficient (Wildman–Crippen LogP) is 1.12. The van der Waals surface area contributed by atoms with E-state index in [4.69, 9.17) is 0 Å². The maximum Gasteiger partial charge on any atom is 0.175 e. The van der Waals surface area contributed by atoms with Crippen LogP contribution in [0.25, 0.3) is 0 Å². The van der Waals surface area contributed by atoms with E-state index in [1.165, 1.54) is 31.2 Å². The van der Waals surface area contributed by atoms with Crippen LogP contribution in [0.3, 0.4) is 0 Å². The minimum Gasteiger partial charge on any atom is -0.387 e. The van der Waals surface area contributed by atoms with Crippen molar-refractivity contribution in [2.45, 2.75) is 23.8 Å². The zero-order valence-electron chi connectivity index (χ0n) is 10.5. The number of hydrogen-bond acceptors (Lipinski definition) is 4. The predicted molar refractivity (Wildman–Crippen MR) is 70.1 cm³/mol. The summed E-state index contributed by atoms with van der Waals surface area (Å²) in [6.07, 6.45) is 3.16. The van der Waals surface area contributed by atoms with Gasteiger partial charge in [-0.25, -0.2) is 8.42 Å². The lowest BCUT2D eigenvalue weighted by Gasteiger charge is -2.12. The average molecular weight is 269 g/mol. The second kappa shape index (κ2) is 5.38. The highest BCUT2D eigenvalue weighted by Gasteiger charge is 2.20. The lowest BCUT2D eigenvalue weighted by molar-refractivity contribution is 0.174. The Balaban J connectivity index is 1.91. The van der Waals surface area contributed by atoms with Crippen molar-refractivity contribution in [3.05, 3.63) is 29.8 Å². The molecule has 100 valence electrons. The summed E-state index contributed by atoms with van der Waals surface area (Å²) in [5, 5.41) is 13.2. The molecule has 0 saturated heterocycles. The fourth-order valence-corrected chi connectivity index (χ4v) is 2.43. The average Bonchev–Trinajstić information content (AvgIpc) is 3.12. The van der Waals surface area contributed by atoms with E-state index in [2.05, 4.69) is 5.32 Å². The number of aliphatic hydroxyl groups is 1. The first-order valence-corrected chi connectivity index (χ1v) is 8.05. The molecule has 1 aromatic rings. The molecule has 18 heavy (non-hydrogen) atoms. The molecule has 0 radical (unpaired) electrons. The van der Waals surface area contributed by atoms with E-state index in [9.17, 15) is 13.5 Å². The van der Waals surface area contributed by atoms with Gasteiger partial charge in [0.2, 0.25) is 0 Å². The van der Waals surface area contributed by atoms with Crippen molar-refractivity contribution in [2.24, 2.45) is 5.92 Å². The maximum atomic E-state index is 11.3. The van der Waals surface area contributed by atoms with Gasteiger partial charge in [0.05, 0.1) is 11.0 Å². The summed E-state index contributed by atoms with van der Waals surface area (Å²) in [6.45, 7) is 1.47. The molecule has 0 heterocycles. The molecule has 0 aliphatic heterocycles. The molecule has 0 spiro atoms. The van der Waals surface area contributed by atoms with Crippen molar-refractivity contribution in [1.82, 2.24) is 5.32 Å². The van der Waals surface area contributed by atoms with Crippen LogP contribution in [0.1, 0.15) is 24.5 Å². The van der Waals surface area contributed by atoms with Crippen LogP contribution in [-0.2, 0) is 9.84 Å². The first-order valence-electron chi connectivity index (χ1n) is 6.15. The smallest absolute Gasteiger partial charge is 0.175 e. The number of hydrogen-bond donors (Lipinski definition) is 2. The van der Waals surface area contributed by atoms with Gasteiger partial charge < -0.3 is 10.4 Å². The third-order valence-corrected chi connectivity index (χ3v) is 4.29. The minimum absolute atomic E-state index is 0.282. The van der Waals surface area contributed by atoms with Crippen molar-refractivity contribution in [3.63, 3.8) is 0 Å². The van der Waals surface area contributed by atoms with Crippen LogP contribution in [0.15, 0.2) is 29.2 Å². The summed E-state index contributed by atoms with van der Waals surface area (Å²) in [5.74, 6) is 0.782. The summed E-state index contributed by atoms with van der Waals surface area (Å²) < 4.78 is 22.6. The first kappa shape index (κ1) is 13.5. The number of benzene rings is 1. The van der Waals surface area contributed by atoms with Gasteiger partial charge in [-0.1, -0.05) is 12.1 Å². The Hall–Kier alpha value is -0.910. The van der Waals surface area contributed by atoms with Gasteiger partial charge in [0, 0.05) is 12.8 Å². The molecule has 1 fully saturated rings. The fourth-order valence-electron chi connectivity index (χ4n) is 1.80. The Morgan fingerprint density at radius 1 is 1.33 bits per heavy atom. The summed E-state index contributed by atoms with van der Waals surface area (Å²) in [5.41, 5.74) is 0.741. The number of sulfone groups is 1. The van der Waals surface area contributed by atoms with Gasteiger partial charge in [0.15, 0.2) is 9.84 Å². The monoisotopic (exact) mass is 269 g/mol. The molecule has 1 atom stereocenters. The number of nitrogens with one attached hydrogen (secondary N) is 1. The zero-order chi connectivity index (χ0) is 13.2. The van der Waals surface area contributed by atoms with E-state index in [1.807, 2.05) is 0 Å². The van der Waals surface area contributed by atoms with Crippen molar-refractivity contribution in [3.8, 4) is 0 Å². The summed E-state index contributed by atoms with van der Waals surface area (Å²) in [7, 11) is -3.16. The van der Waals surface area contributed by atoms with E-state index >= 15 is 0 Å². The number of aliphatic hydroxyl groups excluding tert-OH is 1. The molecule has 2 N–H and O–H groups in total. The van der Waals surface area contributed by atoms with Gasteiger partial charge >= 0.3 is 0 Å². The minimum atomic E-state index is -3.16. The van der Waals surface area contributed by atoms with Crippen LogP contribution in [0.2, 0.25) is 0 Å². The quantitative estimate of drug-likeness (QED) is 0.812. The number of rotatable bonds is 6. The summed E-state index contributed by atoms with van der Waals surface area (Å²) in [6, 6.07) is 6.41. The van der Waals surface area contributed by atoms with Crippen LogP contribution in [0.4, 0.5) is 0 Å². The molecule has 0 bridgehead atoms. The highest BCUT2D eigenvalue weighted by atomic mass is 32.2. The second-order valence-electron chi connectivity index (χ2n) is 4.96. The Bertz CT molecular complexity index is 491. The molecule has 1 aromatic carbocycles. The molecular formula is C13H19NO3S. The van der Waals surface area contributed by atoms with Gasteiger partial charge in [0.25, 0.3) is 0 Å². The molecule has 5 heteroatoms. The highest BCUT2D eigenvalue weighted by molar-refractivity contribution is 7.90. The Morgan fingerprint density at radius 3 is 2.44 bits per heavy atom. The van der Waals surface area contributed by atoms with Gasteiger partial charge in [-0.2, -0.15) is 0 Å². The molecule has 4 nitrogen and oxygen atoms in total. The topological polar surface area (TPSA) is 66.4 Å².